The second kappa shape index (κ2) is 5.51. The fourth-order valence-corrected chi connectivity index (χ4v) is 3.19. The van der Waals surface area contributed by atoms with Gasteiger partial charge in [-0.15, -0.1) is 0 Å². The monoisotopic (exact) mass is 277 g/mol. The van der Waals surface area contributed by atoms with Gasteiger partial charge >= 0.3 is 0 Å². The molecule has 0 radical (unpaired) electrons. The first kappa shape index (κ1) is 12.9. The summed E-state index contributed by atoms with van der Waals surface area (Å²) < 4.78 is 2.13. The molecule has 2 aromatic heterocycles. The van der Waals surface area contributed by atoms with Crippen molar-refractivity contribution >= 4 is 17.1 Å². The van der Waals surface area contributed by atoms with Crippen LogP contribution in [-0.4, -0.2) is 33.9 Å². The summed E-state index contributed by atoms with van der Waals surface area (Å²) >= 11 is 6.08. The van der Waals surface area contributed by atoms with Crippen LogP contribution in [0.1, 0.15) is 25.6 Å². The van der Waals surface area contributed by atoms with Crippen LogP contribution in [0.4, 0.5) is 0 Å². The van der Waals surface area contributed by atoms with E-state index in [0.717, 1.165) is 35.2 Å². The summed E-state index contributed by atoms with van der Waals surface area (Å²) in [6.45, 7) is 5.85. The van der Waals surface area contributed by atoms with Crippen LogP contribution >= 0.6 is 11.6 Å². The molecule has 102 valence electrons. The average Bonchev–Trinajstić information content (AvgIpc) is 2.81. The topological polar surface area (TPSA) is 20.5 Å². The normalized spacial score (nSPS) is 21.1. The summed E-state index contributed by atoms with van der Waals surface area (Å²) in [6.07, 6.45) is 7.57. The lowest BCUT2D eigenvalue weighted by Crippen LogP contribution is -2.36. The van der Waals surface area contributed by atoms with E-state index in [1.165, 1.54) is 25.9 Å². The second-order valence-electron chi connectivity index (χ2n) is 5.42. The summed E-state index contributed by atoms with van der Waals surface area (Å²) in [5.74, 6) is 1.86. The summed E-state index contributed by atoms with van der Waals surface area (Å²) in [6, 6.07) is 3.94. The number of rotatable bonds is 3. The van der Waals surface area contributed by atoms with E-state index in [1.807, 2.05) is 24.5 Å². The van der Waals surface area contributed by atoms with Gasteiger partial charge in [0.25, 0.3) is 0 Å². The molecule has 1 unspecified atom stereocenters. The zero-order valence-corrected chi connectivity index (χ0v) is 12.1. The molecule has 2 aromatic rings. The van der Waals surface area contributed by atoms with Gasteiger partial charge in [0, 0.05) is 19.2 Å². The molecule has 19 heavy (non-hydrogen) atoms. The molecule has 1 fully saturated rings. The molecule has 3 heterocycles. The van der Waals surface area contributed by atoms with Gasteiger partial charge < -0.3 is 9.30 Å². The molecule has 0 N–H and O–H groups in total. The number of nitrogens with zero attached hydrogens (tertiary/aromatic N) is 3. The van der Waals surface area contributed by atoms with Crippen LogP contribution in [0.15, 0.2) is 24.5 Å². The molecule has 0 saturated carbocycles. The number of piperidine rings is 1. The Labute approximate surface area is 119 Å². The zero-order chi connectivity index (χ0) is 13.2. The molecule has 1 atom stereocenters. The Bertz CT molecular complexity index is 564. The van der Waals surface area contributed by atoms with Crippen molar-refractivity contribution in [2.45, 2.75) is 26.2 Å². The number of likely N-dealkylation sites (tertiary alicyclic amines) is 1. The first-order valence-corrected chi connectivity index (χ1v) is 7.48. The highest BCUT2D eigenvalue weighted by atomic mass is 35.5. The van der Waals surface area contributed by atoms with Crippen LogP contribution in [-0.2, 0) is 6.42 Å². The van der Waals surface area contributed by atoms with Crippen LogP contribution in [0.5, 0.6) is 0 Å². The lowest BCUT2D eigenvalue weighted by Gasteiger charge is -2.31. The van der Waals surface area contributed by atoms with Crippen LogP contribution in [0, 0.1) is 5.92 Å². The van der Waals surface area contributed by atoms with Crippen molar-refractivity contribution in [3.05, 3.63) is 35.4 Å². The molecule has 1 aliphatic heterocycles. The van der Waals surface area contributed by atoms with E-state index in [1.54, 1.807) is 0 Å². The first-order valence-electron chi connectivity index (χ1n) is 7.10. The van der Waals surface area contributed by atoms with Crippen LogP contribution < -0.4 is 0 Å². The molecule has 0 bridgehead atoms. The van der Waals surface area contributed by atoms with E-state index < -0.39 is 0 Å². The third-order valence-corrected chi connectivity index (χ3v) is 4.31. The number of hydrogen-bond acceptors (Lipinski definition) is 2. The Morgan fingerprint density at radius 3 is 3.16 bits per heavy atom. The molecule has 0 aromatic carbocycles. The molecule has 0 amide bonds. The lowest BCUT2D eigenvalue weighted by atomic mass is 9.94. The number of fused-ring (bicyclic) bond motifs is 1. The molecular formula is C15H20ClN3. The van der Waals surface area contributed by atoms with E-state index in [2.05, 4.69) is 21.2 Å². The minimum Gasteiger partial charge on any atom is -0.303 e. The van der Waals surface area contributed by atoms with Gasteiger partial charge in [0.2, 0.25) is 0 Å². The Hall–Kier alpha value is -1.06. The van der Waals surface area contributed by atoms with E-state index in [4.69, 9.17) is 11.6 Å². The van der Waals surface area contributed by atoms with Crippen molar-refractivity contribution < 1.29 is 0 Å². The number of aromatic nitrogens is 2. The quantitative estimate of drug-likeness (QED) is 0.858. The van der Waals surface area contributed by atoms with Crippen molar-refractivity contribution in [2.75, 3.05) is 19.6 Å². The Morgan fingerprint density at radius 1 is 1.42 bits per heavy atom. The summed E-state index contributed by atoms with van der Waals surface area (Å²) in [4.78, 5) is 7.11. The Kier molecular flexibility index (Phi) is 3.76. The average molecular weight is 278 g/mol. The SMILES string of the molecule is CCN1CCCC(Cc2ncc3ccc(Cl)cn23)C1. The fourth-order valence-electron chi connectivity index (χ4n) is 3.03. The summed E-state index contributed by atoms with van der Waals surface area (Å²) in [7, 11) is 0. The van der Waals surface area contributed by atoms with E-state index in [0.29, 0.717) is 0 Å². The molecule has 3 rings (SSSR count). The predicted octanol–water partition coefficient (Wildman–Crippen LogP) is 3.26. The van der Waals surface area contributed by atoms with Gasteiger partial charge in [-0.05, 0) is 44.0 Å². The molecule has 1 saturated heterocycles. The van der Waals surface area contributed by atoms with Gasteiger partial charge in [-0.25, -0.2) is 4.98 Å². The number of hydrogen-bond donors (Lipinski definition) is 0. The fraction of sp³-hybridized carbons (Fsp3) is 0.533. The minimum atomic E-state index is 0.721. The van der Waals surface area contributed by atoms with Gasteiger partial charge in [0.15, 0.2) is 0 Å². The van der Waals surface area contributed by atoms with Gasteiger partial charge in [-0.1, -0.05) is 18.5 Å². The lowest BCUT2D eigenvalue weighted by molar-refractivity contribution is 0.180. The predicted molar refractivity (Wildman–Crippen MR) is 78.7 cm³/mol. The third-order valence-electron chi connectivity index (χ3n) is 4.09. The maximum atomic E-state index is 6.08. The molecule has 0 spiro atoms. The number of pyridine rings is 1. The maximum absolute atomic E-state index is 6.08. The van der Waals surface area contributed by atoms with E-state index >= 15 is 0 Å². The smallest absolute Gasteiger partial charge is 0.113 e. The highest BCUT2D eigenvalue weighted by Gasteiger charge is 2.20. The molecular weight excluding hydrogens is 258 g/mol. The molecule has 0 aliphatic carbocycles. The van der Waals surface area contributed by atoms with Crippen molar-refractivity contribution in [3.8, 4) is 0 Å². The van der Waals surface area contributed by atoms with Crippen LogP contribution in [0.3, 0.4) is 0 Å². The third kappa shape index (κ3) is 2.77. The van der Waals surface area contributed by atoms with Crippen molar-refractivity contribution in [1.82, 2.24) is 14.3 Å². The van der Waals surface area contributed by atoms with Gasteiger partial charge in [0.05, 0.1) is 16.7 Å². The summed E-state index contributed by atoms with van der Waals surface area (Å²) in [5.41, 5.74) is 1.13. The minimum absolute atomic E-state index is 0.721. The first-order chi connectivity index (χ1) is 9.26. The highest BCUT2D eigenvalue weighted by molar-refractivity contribution is 6.30. The molecule has 3 nitrogen and oxygen atoms in total. The summed E-state index contributed by atoms with van der Waals surface area (Å²) in [5, 5.41) is 0.769. The largest absolute Gasteiger partial charge is 0.303 e. The van der Waals surface area contributed by atoms with E-state index in [-0.39, 0.29) is 0 Å². The highest BCUT2D eigenvalue weighted by Crippen LogP contribution is 2.21. The zero-order valence-electron chi connectivity index (χ0n) is 11.3. The standard InChI is InChI=1S/C15H20ClN3/c1-2-18-7-3-4-12(10-18)8-15-17-9-14-6-5-13(16)11-19(14)15/h5-6,9,11-12H,2-4,7-8,10H2,1H3. The molecule has 1 aliphatic rings. The van der Waals surface area contributed by atoms with Gasteiger partial charge in [0.1, 0.15) is 5.82 Å². The van der Waals surface area contributed by atoms with E-state index in [9.17, 15) is 0 Å². The maximum Gasteiger partial charge on any atom is 0.113 e. The van der Waals surface area contributed by atoms with Gasteiger partial charge in [-0.3, -0.25) is 0 Å². The Balaban J connectivity index is 1.79. The number of imidazole rings is 1. The van der Waals surface area contributed by atoms with Crippen LogP contribution in [0.2, 0.25) is 5.02 Å². The van der Waals surface area contributed by atoms with Crippen molar-refractivity contribution in [1.29, 1.82) is 0 Å². The van der Waals surface area contributed by atoms with Crippen LogP contribution in [0.25, 0.3) is 5.52 Å². The van der Waals surface area contributed by atoms with Gasteiger partial charge in [-0.2, -0.15) is 0 Å². The van der Waals surface area contributed by atoms with Crippen molar-refractivity contribution in [3.63, 3.8) is 0 Å². The second-order valence-corrected chi connectivity index (χ2v) is 5.86. The molecule has 4 heteroatoms. The number of halogens is 1. The Morgan fingerprint density at radius 2 is 2.32 bits per heavy atom. The van der Waals surface area contributed by atoms with Crippen molar-refractivity contribution in [2.24, 2.45) is 5.92 Å².